The zero-order valence-electron chi connectivity index (χ0n) is 9.67. The first-order valence-electron chi connectivity index (χ1n) is 5.75. The molecule has 0 spiro atoms. The third kappa shape index (κ3) is 2.50. The van der Waals surface area contributed by atoms with E-state index in [2.05, 4.69) is 0 Å². The first-order valence-corrected chi connectivity index (χ1v) is 5.75. The molecule has 17 heavy (non-hydrogen) atoms. The van der Waals surface area contributed by atoms with Crippen LogP contribution in [0.1, 0.15) is 6.42 Å². The van der Waals surface area contributed by atoms with Gasteiger partial charge < -0.3 is 15.7 Å². The lowest BCUT2D eigenvalue weighted by Gasteiger charge is -2.18. The molecule has 0 aliphatic carbocycles. The second-order valence-corrected chi connectivity index (χ2v) is 4.09. The molecule has 0 bridgehead atoms. The summed E-state index contributed by atoms with van der Waals surface area (Å²) in [6.45, 7) is 2.13. The summed E-state index contributed by atoms with van der Waals surface area (Å²) >= 11 is 0. The third-order valence-electron chi connectivity index (χ3n) is 2.89. The molecule has 1 aromatic carbocycles. The topological polar surface area (TPSA) is 69.8 Å². The van der Waals surface area contributed by atoms with E-state index in [1.54, 1.807) is 21.9 Å². The van der Waals surface area contributed by atoms with Crippen LogP contribution in [-0.2, 0) is 0 Å². The molecule has 0 saturated carbocycles. The number of amides is 2. The van der Waals surface area contributed by atoms with Crippen molar-refractivity contribution in [2.24, 2.45) is 0 Å². The Labute approximate surface area is 100 Å². The van der Waals surface area contributed by atoms with Crippen molar-refractivity contribution in [2.45, 2.75) is 6.42 Å². The lowest BCUT2D eigenvalue weighted by atomic mass is 10.2. The van der Waals surface area contributed by atoms with E-state index in [0.29, 0.717) is 31.7 Å². The minimum atomic E-state index is 0.00298. The number of carbonyl (C=O) groups is 1. The fourth-order valence-corrected chi connectivity index (χ4v) is 1.95. The summed E-state index contributed by atoms with van der Waals surface area (Å²) in [6.07, 6.45) is 0.626. The van der Waals surface area contributed by atoms with Crippen LogP contribution in [0.15, 0.2) is 24.3 Å². The van der Waals surface area contributed by atoms with E-state index in [1.807, 2.05) is 12.1 Å². The predicted octanol–water partition coefficient (Wildman–Crippen LogP) is 0.893. The number of nitrogens with zero attached hydrogens (tertiary/aromatic N) is 2. The molecule has 3 N–H and O–H groups in total. The van der Waals surface area contributed by atoms with Crippen LogP contribution in [-0.4, -0.2) is 42.3 Å². The second kappa shape index (κ2) is 5.05. The molecule has 2 rings (SSSR count). The number of hydrogen-bond donors (Lipinski definition) is 2. The average molecular weight is 235 g/mol. The van der Waals surface area contributed by atoms with E-state index in [-0.39, 0.29) is 12.6 Å². The van der Waals surface area contributed by atoms with Gasteiger partial charge in [0, 0.05) is 37.6 Å². The van der Waals surface area contributed by atoms with Crippen LogP contribution >= 0.6 is 0 Å². The van der Waals surface area contributed by atoms with Gasteiger partial charge >= 0.3 is 6.03 Å². The zero-order chi connectivity index (χ0) is 12.3. The number of anilines is 2. The van der Waals surface area contributed by atoms with Crippen LogP contribution in [0.25, 0.3) is 0 Å². The van der Waals surface area contributed by atoms with Crippen molar-refractivity contribution in [3.63, 3.8) is 0 Å². The first-order chi connectivity index (χ1) is 8.22. The van der Waals surface area contributed by atoms with Gasteiger partial charge in [0.1, 0.15) is 0 Å². The van der Waals surface area contributed by atoms with Gasteiger partial charge in [-0.15, -0.1) is 0 Å². The zero-order valence-corrected chi connectivity index (χ0v) is 9.67. The summed E-state index contributed by atoms with van der Waals surface area (Å²) in [5.41, 5.74) is 7.17. The van der Waals surface area contributed by atoms with Crippen molar-refractivity contribution < 1.29 is 9.90 Å². The molecule has 1 heterocycles. The maximum Gasteiger partial charge on any atom is 0.324 e. The number of aliphatic hydroxyl groups is 1. The number of urea groups is 1. The molecule has 92 valence electrons. The van der Waals surface area contributed by atoms with Crippen LogP contribution in [0.2, 0.25) is 0 Å². The Morgan fingerprint density at radius 2 is 1.94 bits per heavy atom. The van der Waals surface area contributed by atoms with Crippen molar-refractivity contribution in [3.05, 3.63) is 24.3 Å². The lowest BCUT2D eigenvalue weighted by Crippen LogP contribution is -2.32. The largest absolute Gasteiger partial charge is 0.399 e. The Morgan fingerprint density at radius 1 is 1.24 bits per heavy atom. The minimum absolute atomic E-state index is 0.00298. The molecule has 0 aromatic heterocycles. The van der Waals surface area contributed by atoms with Gasteiger partial charge in [-0.25, -0.2) is 4.79 Å². The van der Waals surface area contributed by atoms with Crippen molar-refractivity contribution in [2.75, 3.05) is 36.9 Å². The van der Waals surface area contributed by atoms with E-state index in [0.717, 1.165) is 5.69 Å². The van der Waals surface area contributed by atoms with Gasteiger partial charge in [-0.05, 0) is 30.7 Å². The van der Waals surface area contributed by atoms with Crippen molar-refractivity contribution >= 4 is 17.4 Å². The van der Waals surface area contributed by atoms with Crippen LogP contribution in [0.4, 0.5) is 16.2 Å². The van der Waals surface area contributed by atoms with Crippen molar-refractivity contribution in [1.29, 1.82) is 0 Å². The van der Waals surface area contributed by atoms with Gasteiger partial charge in [0.05, 0.1) is 0 Å². The lowest BCUT2D eigenvalue weighted by molar-refractivity contribution is 0.211. The monoisotopic (exact) mass is 235 g/mol. The molecular weight excluding hydrogens is 218 g/mol. The van der Waals surface area contributed by atoms with Gasteiger partial charge in [0.2, 0.25) is 0 Å². The van der Waals surface area contributed by atoms with Gasteiger partial charge in [-0.1, -0.05) is 0 Å². The van der Waals surface area contributed by atoms with Crippen LogP contribution < -0.4 is 10.6 Å². The molecule has 1 fully saturated rings. The molecule has 5 nitrogen and oxygen atoms in total. The number of carbonyl (C=O) groups excluding carboxylic acids is 1. The number of nitrogens with two attached hydrogens (primary N) is 1. The molecule has 0 radical (unpaired) electrons. The highest BCUT2D eigenvalue weighted by molar-refractivity contribution is 5.94. The average Bonchev–Trinajstić information content (AvgIpc) is 2.69. The maximum absolute atomic E-state index is 12.0. The summed E-state index contributed by atoms with van der Waals surface area (Å²) in [5, 5.41) is 8.76. The summed E-state index contributed by atoms with van der Waals surface area (Å²) in [4.78, 5) is 15.5. The SMILES string of the molecule is Nc1ccc(N2CCN(CCCO)C2=O)cc1. The molecule has 0 atom stereocenters. The maximum atomic E-state index is 12.0. The van der Waals surface area contributed by atoms with Gasteiger partial charge in [0.25, 0.3) is 0 Å². The third-order valence-corrected chi connectivity index (χ3v) is 2.89. The van der Waals surface area contributed by atoms with Crippen LogP contribution in [0.3, 0.4) is 0 Å². The molecular formula is C12H17N3O2. The molecule has 1 saturated heterocycles. The number of aliphatic hydroxyl groups excluding tert-OH is 1. The van der Waals surface area contributed by atoms with Gasteiger partial charge in [0.15, 0.2) is 0 Å². The van der Waals surface area contributed by atoms with Crippen LogP contribution in [0.5, 0.6) is 0 Å². The summed E-state index contributed by atoms with van der Waals surface area (Å²) in [6, 6.07) is 7.28. The van der Waals surface area contributed by atoms with Crippen molar-refractivity contribution in [3.8, 4) is 0 Å². The smallest absolute Gasteiger partial charge is 0.324 e. The van der Waals surface area contributed by atoms with Gasteiger partial charge in [-0.3, -0.25) is 4.90 Å². The van der Waals surface area contributed by atoms with E-state index in [1.165, 1.54) is 0 Å². The van der Waals surface area contributed by atoms with E-state index >= 15 is 0 Å². The molecule has 1 aliphatic rings. The molecule has 1 aromatic rings. The normalized spacial score (nSPS) is 15.7. The molecule has 1 aliphatic heterocycles. The Morgan fingerprint density at radius 3 is 2.59 bits per heavy atom. The highest BCUT2D eigenvalue weighted by Gasteiger charge is 2.28. The van der Waals surface area contributed by atoms with Gasteiger partial charge in [-0.2, -0.15) is 0 Å². The summed E-state index contributed by atoms with van der Waals surface area (Å²) in [7, 11) is 0. The highest BCUT2D eigenvalue weighted by atomic mass is 16.3. The molecule has 5 heteroatoms. The first kappa shape index (κ1) is 11.7. The second-order valence-electron chi connectivity index (χ2n) is 4.09. The Balaban J connectivity index is 2.04. The fraction of sp³-hybridized carbons (Fsp3) is 0.417. The number of hydrogen-bond acceptors (Lipinski definition) is 3. The summed E-state index contributed by atoms with van der Waals surface area (Å²) < 4.78 is 0. The quantitative estimate of drug-likeness (QED) is 0.761. The Bertz CT molecular complexity index is 391. The number of benzene rings is 1. The van der Waals surface area contributed by atoms with E-state index in [4.69, 9.17) is 10.8 Å². The Kier molecular flexibility index (Phi) is 3.49. The van der Waals surface area contributed by atoms with E-state index in [9.17, 15) is 4.79 Å². The fourth-order valence-electron chi connectivity index (χ4n) is 1.95. The molecule has 0 unspecified atom stereocenters. The van der Waals surface area contributed by atoms with Crippen LogP contribution in [0, 0.1) is 0 Å². The predicted molar refractivity (Wildman–Crippen MR) is 66.9 cm³/mol. The number of rotatable bonds is 4. The standard InChI is InChI=1S/C12H17N3O2/c13-10-2-4-11(5-3-10)15-8-7-14(12(15)17)6-1-9-16/h2-5,16H,1,6-9,13H2. The van der Waals surface area contributed by atoms with Crippen molar-refractivity contribution in [1.82, 2.24) is 4.90 Å². The highest BCUT2D eigenvalue weighted by Crippen LogP contribution is 2.21. The molecule has 2 amide bonds. The minimum Gasteiger partial charge on any atom is -0.399 e. The van der Waals surface area contributed by atoms with E-state index < -0.39 is 0 Å². The Hall–Kier alpha value is -1.75. The summed E-state index contributed by atoms with van der Waals surface area (Å²) in [5.74, 6) is 0. The number of nitrogen functional groups attached to an aromatic ring is 1.